The highest BCUT2D eigenvalue weighted by molar-refractivity contribution is 7.80. The summed E-state index contributed by atoms with van der Waals surface area (Å²) >= 11 is 5.02. The molecule has 1 fully saturated rings. The molecule has 1 atom stereocenters. The Balaban J connectivity index is 2.31. The molecule has 0 radical (unpaired) electrons. The van der Waals surface area contributed by atoms with Crippen LogP contribution in [0.15, 0.2) is 6.07 Å². The molecule has 1 aliphatic heterocycles. The number of nitrogens with two attached hydrogens (primary N) is 1. The topological polar surface area (TPSA) is 58.3 Å². The van der Waals surface area contributed by atoms with Crippen LogP contribution in [-0.4, -0.2) is 52.6 Å². The zero-order valence-corrected chi connectivity index (χ0v) is 12.6. The first-order valence-corrected chi connectivity index (χ1v) is 6.99. The standard InChI is InChI=1S/C13H21N5S/c1-9-7-11(12(14)19)16-13(15-9)18-6-4-5-17(3)8-10(18)2/h7,10H,4-6,8H2,1-3H3,(H2,14,19). The molecule has 0 bridgehead atoms. The fourth-order valence-electron chi connectivity index (χ4n) is 2.48. The molecule has 0 amide bonds. The molecule has 2 heterocycles. The Labute approximate surface area is 119 Å². The average molecular weight is 279 g/mol. The van der Waals surface area contributed by atoms with Crippen molar-refractivity contribution in [1.82, 2.24) is 14.9 Å². The van der Waals surface area contributed by atoms with Crippen molar-refractivity contribution in [3.05, 3.63) is 17.5 Å². The minimum Gasteiger partial charge on any atom is -0.388 e. The lowest BCUT2D eigenvalue weighted by Crippen LogP contribution is -2.39. The van der Waals surface area contributed by atoms with Crippen LogP contribution in [0, 0.1) is 6.92 Å². The Morgan fingerprint density at radius 1 is 1.42 bits per heavy atom. The highest BCUT2D eigenvalue weighted by Crippen LogP contribution is 2.17. The molecule has 1 aromatic rings. The van der Waals surface area contributed by atoms with Crippen LogP contribution < -0.4 is 10.6 Å². The van der Waals surface area contributed by atoms with E-state index < -0.39 is 0 Å². The fraction of sp³-hybridized carbons (Fsp3) is 0.615. The second-order valence-electron chi connectivity index (χ2n) is 5.22. The molecule has 0 saturated carbocycles. The van der Waals surface area contributed by atoms with Crippen LogP contribution in [0.25, 0.3) is 0 Å². The number of aryl methyl sites for hydroxylation is 1. The van der Waals surface area contributed by atoms with Gasteiger partial charge in [-0.25, -0.2) is 9.97 Å². The van der Waals surface area contributed by atoms with E-state index in [1.54, 1.807) is 0 Å². The van der Waals surface area contributed by atoms with E-state index in [1.807, 2.05) is 13.0 Å². The van der Waals surface area contributed by atoms with E-state index in [-0.39, 0.29) is 0 Å². The highest BCUT2D eigenvalue weighted by Gasteiger charge is 2.22. The molecule has 2 N–H and O–H groups in total. The Kier molecular flexibility index (Phi) is 4.31. The van der Waals surface area contributed by atoms with Gasteiger partial charge in [-0.3, -0.25) is 0 Å². The normalized spacial score (nSPS) is 21.2. The van der Waals surface area contributed by atoms with Crippen LogP contribution in [0.1, 0.15) is 24.7 Å². The van der Waals surface area contributed by atoms with Gasteiger partial charge in [0.15, 0.2) is 0 Å². The Morgan fingerprint density at radius 3 is 2.84 bits per heavy atom. The summed E-state index contributed by atoms with van der Waals surface area (Å²) < 4.78 is 0. The SMILES string of the molecule is Cc1cc(C(N)=S)nc(N2CCCN(C)CC2C)n1. The Hall–Kier alpha value is -1.27. The summed E-state index contributed by atoms with van der Waals surface area (Å²) in [5, 5.41) is 0. The van der Waals surface area contributed by atoms with Crippen molar-refractivity contribution in [3.8, 4) is 0 Å². The molecule has 0 aliphatic carbocycles. The van der Waals surface area contributed by atoms with Crippen molar-refractivity contribution in [1.29, 1.82) is 0 Å². The molecule has 1 unspecified atom stereocenters. The number of anilines is 1. The second-order valence-corrected chi connectivity index (χ2v) is 5.66. The largest absolute Gasteiger partial charge is 0.388 e. The number of nitrogens with zero attached hydrogens (tertiary/aromatic N) is 4. The van der Waals surface area contributed by atoms with Gasteiger partial charge in [-0.05, 0) is 39.9 Å². The monoisotopic (exact) mass is 279 g/mol. The summed E-state index contributed by atoms with van der Waals surface area (Å²) in [7, 11) is 2.15. The number of thiocarbonyl (C=S) groups is 1. The summed E-state index contributed by atoms with van der Waals surface area (Å²) in [6.45, 7) is 7.23. The van der Waals surface area contributed by atoms with Gasteiger partial charge in [-0.1, -0.05) is 12.2 Å². The van der Waals surface area contributed by atoms with Crippen molar-refractivity contribution >= 4 is 23.2 Å². The summed E-state index contributed by atoms with van der Waals surface area (Å²) in [4.78, 5) is 14.0. The molecule has 1 aliphatic rings. The van der Waals surface area contributed by atoms with E-state index in [1.165, 1.54) is 0 Å². The molecule has 19 heavy (non-hydrogen) atoms. The third-order valence-electron chi connectivity index (χ3n) is 3.40. The average Bonchev–Trinajstić information content (AvgIpc) is 2.49. The second kappa shape index (κ2) is 5.79. The first-order chi connectivity index (χ1) is 8.97. The smallest absolute Gasteiger partial charge is 0.226 e. The van der Waals surface area contributed by atoms with Gasteiger partial charge in [-0.15, -0.1) is 0 Å². The zero-order chi connectivity index (χ0) is 14.0. The van der Waals surface area contributed by atoms with Gasteiger partial charge in [0.2, 0.25) is 5.95 Å². The minimum absolute atomic E-state index is 0.325. The molecule has 6 heteroatoms. The van der Waals surface area contributed by atoms with Crippen LogP contribution >= 0.6 is 12.2 Å². The summed E-state index contributed by atoms with van der Waals surface area (Å²) in [6, 6.07) is 2.22. The Bertz CT molecular complexity index is 476. The lowest BCUT2D eigenvalue weighted by Gasteiger charge is -2.28. The minimum atomic E-state index is 0.325. The van der Waals surface area contributed by atoms with E-state index in [9.17, 15) is 0 Å². The fourth-order valence-corrected chi connectivity index (χ4v) is 2.58. The van der Waals surface area contributed by atoms with Crippen molar-refractivity contribution < 1.29 is 0 Å². The van der Waals surface area contributed by atoms with Crippen molar-refractivity contribution in [2.24, 2.45) is 5.73 Å². The van der Waals surface area contributed by atoms with Crippen LogP contribution in [0.3, 0.4) is 0 Å². The van der Waals surface area contributed by atoms with E-state index in [4.69, 9.17) is 18.0 Å². The van der Waals surface area contributed by atoms with Gasteiger partial charge in [-0.2, -0.15) is 0 Å². The Morgan fingerprint density at radius 2 is 2.16 bits per heavy atom. The molecule has 2 rings (SSSR count). The van der Waals surface area contributed by atoms with Gasteiger partial charge in [0.1, 0.15) is 10.7 Å². The third-order valence-corrected chi connectivity index (χ3v) is 3.61. The summed E-state index contributed by atoms with van der Waals surface area (Å²) in [5.74, 6) is 0.741. The molecule has 104 valence electrons. The summed E-state index contributed by atoms with van der Waals surface area (Å²) in [6.07, 6.45) is 1.11. The number of hydrogen-bond donors (Lipinski definition) is 1. The molecule has 5 nitrogen and oxygen atoms in total. The predicted octanol–water partition coefficient (Wildman–Crippen LogP) is 0.950. The van der Waals surface area contributed by atoms with Crippen LogP contribution in [0.5, 0.6) is 0 Å². The number of likely N-dealkylation sites (N-methyl/N-ethyl adjacent to an activating group) is 1. The molecular weight excluding hydrogens is 258 g/mol. The van der Waals surface area contributed by atoms with Crippen LogP contribution in [0.2, 0.25) is 0 Å². The van der Waals surface area contributed by atoms with Crippen molar-refractivity contribution in [2.45, 2.75) is 26.3 Å². The van der Waals surface area contributed by atoms with Gasteiger partial charge in [0.25, 0.3) is 0 Å². The maximum absolute atomic E-state index is 5.68. The first-order valence-electron chi connectivity index (χ1n) is 6.58. The van der Waals surface area contributed by atoms with Gasteiger partial charge < -0.3 is 15.5 Å². The van der Waals surface area contributed by atoms with E-state index in [0.29, 0.717) is 16.7 Å². The highest BCUT2D eigenvalue weighted by atomic mass is 32.1. The van der Waals surface area contributed by atoms with Crippen molar-refractivity contribution in [3.63, 3.8) is 0 Å². The molecular formula is C13H21N5S. The van der Waals surface area contributed by atoms with E-state index in [2.05, 4.69) is 33.7 Å². The lowest BCUT2D eigenvalue weighted by atomic mass is 10.3. The molecule has 0 spiro atoms. The van der Waals surface area contributed by atoms with Gasteiger partial charge in [0.05, 0.1) is 0 Å². The van der Waals surface area contributed by atoms with Crippen LogP contribution in [0.4, 0.5) is 5.95 Å². The predicted molar refractivity (Wildman–Crippen MR) is 81.6 cm³/mol. The maximum atomic E-state index is 5.68. The summed E-state index contributed by atoms with van der Waals surface area (Å²) in [5.41, 5.74) is 7.24. The van der Waals surface area contributed by atoms with Crippen molar-refractivity contribution in [2.75, 3.05) is 31.6 Å². The maximum Gasteiger partial charge on any atom is 0.226 e. The third kappa shape index (κ3) is 3.39. The van der Waals surface area contributed by atoms with E-state index in [0.717, 1.165) is 37.7 Å². The van der Waals surface area contributed by atoms with Gasteiger partial charge in [0, 0.05) is 24.8 Å². The molecule has 0 aromatic carbocycles. The van der Waals surface area contributed by atoms with E-state index >= 15 is 0 Å². The quantitative estimate of drug-likeness (QED) is 0.814. The molecule has 1 saturated heterocycles. The van der Waals surface area contributed by atoms with Gasteiger partial charge >= 0.3 is 0 Å². The number of rotatable bonds is 2. The first kappa shape index (κ1) is 14.1. The lowest BCUT2D eigenvalue weighted by molar-refractivity contribution is 0.337. The molecule has 1 aromatic heterocycles. The zero-order valence-electron chi connectivity index (χ0n) is 11.8. The van der Waals surface area contributed by atoms with Crippen LogP contribution in [-0.2, 0) is 0 Å². The number of hydrogen-bond acceptors (Lipinski definition) is 5. The number of aromatic nitrogens is 2.